The summed E-state index contributed by atoms with van der Waals surface area (Å²) in [5, 5.41) is 4.11. The maximum absolute atomic E-state index is 12.6. The first-order valence-electron chi connectivity index (χ1n) is 10.4. The molecule has 0 bridgehead atoms. The molecule has 1 aromatic heterocycles. The second kappa shape index (κ2) is 8.68. The average molecular weight is 367 g/mol. The summed E-state index contributed by atoms with van der Waals surface area (Å²) in [6.07, 6.45) is 10.0. The Balaban J connectivity index is 1.25. The van der Waals surface area contributed by atoms with Gasteiger partial charge in [-0.05, 0) is 37.5 Å². The van der Waals surface area contributed by atoms with Gasteiger partial charge in [0.15, 0.2) is 0 Å². The van der Waals surface area contributed by atoms with Crippen molar-refractivity contribution in [3.05, 3.63) is 36.2 Å². The molecule has 1 aliphatic carbocycles. The molecule has 2 heterocycles. The third kappa shape index (κ3) is 4.76. The number of amides is 1. The van der Waals surface area contributed by atoms with E-state index in [9.17, 15) is 4.79 Å². The lowest BCUT2D eigenvalue weighted by atomic mass is 9.86. The van der Waals surface area contributed by atoms with Gasteiger partial charge < -0.3 is 9.42 Å². The number of hydrogen-bond donors (Lipinski definition) is 0. The normalized spacial score (nSPS) is 19.3. The fourth-order valence-electron chi connectivity index (χ4n) is 4.44. The summed E-state index contributed by atoms with van der Waals surface area (Å²) in [6.45, 7) is 1.74. The smallest absolute Gasteiger partial charge is 0.227 e. The van der Waals surface area contributed by atoms with Gasteiger partial charge in [-0.3, -0.25) is 4.79 Å². The van der Waals surface area contributed by atoms with E-state index in [1.54, 1.807) is 0 Å². The van der Waals surface area contributed by atoms with Crippen molar-refractivity contribution in [1.82, 2.24) is 15.0 Å². The molecule has 0 N–H and O–H groups in total. The number of aromatic nitrogens is 2. The van der Waals surface area contributed by atoms with Crippen LogP contribution in [-0.2, 0) is 11.2 Å². The lowest BCUT2D eigenvalue weighted by Gasteiger charge is -2.33. The molecule has 1 aromatic carbocycles. The van der Waals surface area contributed by atoms with E-state index in [0.717, 1.165) is 44.3 Å². The Morgan fingerprint density at radius 2 is 1.74 bits per heavy atom. The van der Waals surface area contributed by atoms with Crippen LogP contribution in [0.1, 0.15) is 57.3 Å². The van der Waals surface area contributed by atoms with Gasteiger partial charge in [0.05, 0.1) is 0 Å². The Morgan fingerprint density at radius 3 is 2.48 bits per heavy atom. The molecule has 1 aliphatic heterocycles. The number of carbonyl (C=O) groups excluding carboxylic acids is 1. The van der Waals surface area contributed by atoms with E-state index < -0.39 is 0 Å². The van der Waals surface area contributed by atoms with Gasteiger partial charge in [-0.25, -0.2) is 0 Å². The van der Waals surface area contributed by atoms with Crippen molar-refractivity contribution in [1.29, 1.82) is 0 Å². The molecule has 2 fully saturated rings. The number of carbonyl (C=O) groups is 1. The first-order chi connectivity index (χ1) is 13.3. The zero-order valence-corrected chi connectivity index (χ0v) is 16.0. The van der Waals surface area contributed by atoms with Crippen LogP contribution in [-0.4, -0.2) is 34.0 Å². The summed E-state index contributed by atoms with van der Waals surface area (Å²) in [6, 6.07) is 9.92. The minimum absolute atomic E-state index is 0.365. The van der Waals surface area contributed by atoms with E-state index >= 15 is 0 Å². The molecular weight excluding hydrogens is 338 g/mol. The molecule has 27 heavy (non-hydrogen) atoms. The number of rotatable bonds is 5. The standard InChI is InChI=1S/C22H29N3O2/c26-21(16-17-7-3-1-4-8-17)25-13-11-18(12-14-25)15-20-23-22(24-27-20)19-9-5-2-6-10-19/h2,5-6,9-10,17-18H,1,3-4,7-8,11-16H2. The summed E-state index contributed by atoms with van der Waals surface area (Å²) in [5.41, 5.74) is 0.982. The Labute approximate surface area is 161 Å². The van der Waals surface area contributed by atoms with Crippen LogP contribution in [0.4, 0.5) is 0 Å². The van der Waals surface area contributed by atoms with E-state index in [1.807, 2.05) is 30.3 Å². The summed E-state index contributed by atoms with van der Waals surface area (Å²) in [5.74, 6) is 2.88. The highest BCUT2D eigenvalue weighted by atomic mass is 16.5. The largest absolute Gasteiger partial charge is 0.343 e. The highest BCUT2D eigenvalue weighted by Crippen LogP contribution is 2.28. The molecule has 5 nitrogen and oxygen atoms in total. The summed E-state index contributed by atoms with van der Waals surface area (Å²) < 4.78 is 5.45. The Kier molecular flexibility index (Phi) is 5.85. The lowest BCUT2D eigenvalue weighted by Crippen LogP contribution is -2.39. The Bertz CT molecular complexity index is 729. The third-order valence-electron chi connectivity index (χ3n) is 6.12. The highest BCUT2D eigenvalue weighted by molar-refractivity contribution is 5.76. The van der Waals surface area contributed by atoms with Crippen LogP contribution in [0.2, 0.25) is 0 Å². The van der Waals surface area contributed by atoms with Gasteiger partial charge in [0.25, 0.3) is 0 Å². The van der Waals surface area contributed by atoms with Crippen molar-refractivity contribution in [2.45, 2.75) is 57.8 Å². The maximum Gasteiger partial charge on any atom is 0.227 e. The molecule has 0 unspecified atom stereocenters. The summed E-state index contributed by atoms with van der Waals surface area (Å²) in [7, 11) is 0. The number of nitrogens with zero attached hydrogens (tertiary/aromatic N) is 3. The van der Waals surface area contributed by atoms with Crippen molar-refractivity contribution in [3.8, 4) is 11.4 Å². The summed E-state index contributed by atoms with van der Waals surface area (Å²) >= 11 is 0. The van der Waals surface area contributed by atoms with Crippen molar-refractivity contribution in [3.63, 3.8) is 0 Å². The predicted molar refractivity (Wildman–Crippen MR) is 104 cm³/mol. The predicted octanol–water partition coefficient (Wildman–Crippen LogP) is 4.49. The molecule has 4 rings (SSSR count). The fourth-order valence-corrected chi connectivity index (χ4v) is 4.44. The second-order valence-corrected chi connectivity index (χ2v) is 8.11. The molecule has 0 atom stereocenters. The quantitative estimate of drug-likeness (QED) is 0.781. The van der Waals surface area contributed by atoms with Gasteiger partial charge >= 0.3 is 0 Å². The van der Waals surface area contributed by atoms with E-state index in [4.69, 9.17) is 4.52 Å². The fraction of sp³-hybridized carbons (Fsp3) is 0.591. The number of hydrogen-bond acceptors (Lipinski definition) is 4. The topological polar surface area (TPSA) is 59.2 Å². The van der Waals surface area contributed by atoms with Crippen LogP contribution in [0, 0.1) is 11.8 Å². The molecule has 0 spiro atoms. The van der Waals surface area contributed by atoms with Crippen molar-refractivity contribution in [2.75, 3.05) is 13.1 Å². The highest BCUT2D eigenvalue weighted by Gasteiger charge is 2.26. The van der Waals surface area contributed by atoms with Crippen LogP contribution in [0.5, 0.6) is 0 Å². The van der Waals surface area contributed by atoms with Gasteiger partial charge in [0, 0.05) is 31.5 Å². The summed E-state index contributed by atoms with van der Waals surface area (Å²) in [4.78, 5) is 19.2. The maximum atomic E-state index is 12.6. The van der Waals surface area contributed by atoms with Gasteiger partial charge in [-0.15, -0.1) is 0 Å². The van der Waals surface area contributed by atoms with Crippen molar-refractivity contribution in [2.24, 2.45) is 11.8 Å². The zero-order chi connectivity index (χ0) is 18.5. The zero-order valence-electron chi connectivity index (χ0n) is 16.0. The second-order valence-electron chi connectivity index (χ2n) is 8.11. The van der Waals surface area contributed by atoms with Crippen LogP contribution in [0.15, 0.2) is 34.9 Å². The molecular formula is C22H29N3O2. The lowest BCUT2D eigenvalue weighted by molar-refractivity contribution is -0.133. The Hall–Kier alpha value is -2.17. The first-order valence-corrected chi connectivity index (χ1v) is 10.4. The molecule has 2 aromatic rings. The van der Waals surface area contributed by atoms with Gasteiger partial charge in [0.1, 0.15) is 0 Å². The molecule has 144 valence electrons. The molecule has 1 saturated carbocycles. The number of likely N-dealkylation sites (tertiary alicyclic amines) is 1. The van der Waals surface area contributed by atoms with E-state index in [0.29, 0.717) is 29.5 Å². The van der Waals surface area contributed by atoms with Crippen molar-refractivity contribution >= 4 is 5.91 Å². The SMILES string of the molecule is O=C(CC1CCCCC1)N1CCC(Cc2nc(-c3ccccc3)no2)CC1. The molecule has 1 saturated heterocycles. The number of piperidine rings is 1. The van der Waals surface area contributed by atoms with Crippen LogP contribution < -0.4 is 0 Å². The minimum Gasteiger partial charge on any atom is -0.343 e. The van der Waals surface area contributed by atoms with E-state index in [-0.39, 0.29) is 0 Å². The van der Waals surface area contributed by atoms with E-state index in [2.05, 4.69) is 15.0 Å². The van der Waals surface area contributed by atoms with Gasteiger partial charge in [-0.1, -0.05) is 54.8 Å². The monoisotopic (exact) mass is 367 g/mol. The molecule has 2 aliphatic rings. The molecule has 5 heteroatoms. The Morgan fingerprint density at radius 1 is 1.00 bits per heavy atom. The van der Waals surface area contributed by atoms with Gasteiger partial charge in [0.2, 0.25) is 17.6 Å². The first kappa shape index (κ1) is 18.2. The molecule has 0 radical (unpaired) electrons. The van der Waals surface area contributed by atoms with Crippen LogP contribution in [0.25, 0.3) is 11.4 Å². The van der Waals surface area contributed by atoms with Crippen LogP contribution in [0.3, 0.4) is 0 Å². The van der Waals surface area contributed by atoms with Crippen LogP contribution >= 0.6 is 0 Å². The van der Waals surface area contributed by atoms with Gasteiger partial charge in [-0.2, -0.15) is 4.98 Å². The minimum atomic E-state index is 0.365. The average Bonchev–Trinajstić information content (AvgIpc) is 3.18. The number of benzene rings is 1. The molecule has 1 amide bonds. The van der Waals surface area contributed by atoms with Crippen molar-refractivity contribution < 1.29 is 9.32 Å². The third-order valence-corrected chi connectivity index (χ3v) is 6.12. The van der Waals surface area contributed by atoms with E-state index in [1.165, 1.54) is 32.1 Å².